The Balaban J connectivity index is 1.99. The van der Waals surface area contributed by atoms with E-state index in [1.54, 1.807) is 0 Å². The van der Waals surface area contributed by atoms with Crippen LogP contribution in [0.2, 0.25) is 0 Å². The van der Waals surface area contributed by atoms with Crippen LogP contribution in [0.3, 0.4) is 0 Å². The fraction of sp³-hybridized carbons (Fsp3) is 0.692. The molecule has 1 aromatic heterocycles. The summed E-state index contributed by atoms with van der Waals surface area (Å²) in [5, 5.41) is 3.33. The molecule has 0 spiro atoms. The minimum atomic E-state index is 0.499. The van der Waals surface area contributed by atoms with Crippen molar-refractivity contribution in [3.05, 3.63) is 18.0 Å². The second-order valence-electron chi connectivity index (χ2n) is 5.02. The highest BCUT2D eigenvalue weighted by Gasteiger charge is 2.19. The first-order valence-electron chi connectivity index (χ1n) is 6.45. The van der Waals surface area contributed by atoms with Crippen LogP contribution in [0.5, 0.6) is 0 Å². The molecule has 0 bridgehead atoms. The minimum absolute atomic E-state index is 0.499. The van der Waals surface area contributed by atoms with E-state index in [4.69, 9.17) is 0 Å². The Morgan fingerprint density at radius 1 is 1.24 bits per heavy atom. The molecule has 4 nitrogen and oxygen atoms in total. The zero-order valence-electron chi connectivity index (χ0n) is 11.0. The molecule has 0 aliphatic carbocycles. The van der Waals surface area contributed by atoms with E-state index in [2.05, 4.69) is 34.0 Å². The smallest absolute Gasteiger partial charge is 0.225 e. The average Bonchev–Trinajstić information content (AvgIpc) is 2.39. The maximum absolute atomic E-state index is 4.47. The molecule has 0 atom stereocenters. The average molecular weight is 234 g/mol. The van der Waals surface area contributed by atoms with Crippen LogP contribution in [0.15, 0.2) is 12.4 Å². The van der Waals surface area contributed by atoms with E-state index < -0.39 is 0 Å². The normalized spacial score (nSPS) is 17.8. The van der Waals surface area contributed by atoms with Crippen LogP contribution in [0.25, 0.3) is 0 Å². The van der Waals surface area contributed by atoms with Crippen molar-refractivity contribution in [2.75, 3.05) is 25.0 Å². The first-order valence-corrected chi connectivity index (χ1v) is 6.45. The summed E-state index contributed by atoms with van der Waals surface area (Å²) in [4.78, 5) is 11.2. The standard InChI is InChI=1S/C13H22N4/c1-10(2)11-8-15-13(16-9-11)17-6-4-12(14-3)5-7-17/h8-10,12,14H,4-7H2,1-3H3. The molecule has 0 aromatic carbocycles. The molecule has 4 heteroatoms. The number of piperidine rings is 1. The van der Waals surface area contributed by atoms with Gasteiger partial charge in [0.05, 0.1) is 0 Å². The largest absolute Gasteiger partial charge is 0.341 e. The van der Waals surface area contributed by atoms with Crippen molar-refractivity contribution < 1.29 is 0 Å². The predicted octanol–water partition coefficient (Wildman–Crippen LogP) is 1.79. The van der Waals surface area contributed by atoms with Crippen LogP contribution in [0, 0.1) is 0 Å². The monoisotopic (exact) mass is 234 g/mol. The second-order valence-corrected chi connectivity index (χ2v) is 5.02. The van der Waals surface area contributed by atoms with Crippen molar-refractivity contribution in [2.45, 2.75) is 38.6 Å². The first-order chi connectivity index (χ1) is 8.20. The molecule has 1 fully saturated rings. The third kappa shape index (κ3) is 2.94. The summed E-state index contributed by atoms with van der Waals surface area (Å²) in [6.07, 6.45) is 6.26. The topological polar surface area (TPSA) is 41.0 Å². The van der Waals surface area contributed by atoms with Crippen molar-refractivity contribution in [3.8, 4) is 0 Å². The van der Waals surface area contributed by atoms with Gasteiger partial charge in [-0.15, -0.1) is 0 Å². The van der Waals surface area contributed by atoms with E-state index in [-0.39, 0.29) is 0 Å². The molecule has 2 heterocycles. The van der Waals surface area contributed by atoms with E-state index >= 15 is 0 Å². The third-order valence-corrected chi connectivity index (χ3v) is 3.51. The number of nitrogens with one attached hydrogen (secondary N) is 1. The van der Waals surface area contributed by atoms with Crippen LogP contribution in [0.1, 0.15) is 38.2 Å². The Bertz CT molecular complexity index is 339. The van der Waals surface area contributed by atoms with Gasteiger partial charge in [-0.05, 0) is 31.4 Å². The lowest BCUT2D eigenvalue weighted by Crippen LogP contribution is -2.41. The molecule has 2 rings (SSSR count). The van der Waals surface area contributed by atoms with Crippen LogP contribution in [0.4, 0.5) is 5.95 Å². The summed E-state index contributed by atoms with van der Waals surface area (Å²) in [5.41, 5.74) is 1.21. The van der Waals surface area contributed by atoms with E-state index in [0.717, 1.165) is 19.0 Å². The number of rotatable bonds is 3. The van der Waals surface area contributed by atoms with Gasteiger partial charge in [0, 0.05) is 31.5 Å². The van der Waals surface area contributed by atoms with E-state index in [1.807, 2.05) is 19.4 Å². The lowest BCUT2D eigenvalue weighted by Gasteiger charge is -2.31. The predicted molar refractivity (Wildman–Crippen MR) is 70.4 cm³/mol. The quantitative estimate of drug-likeness (QED) is 0.865. The Morgan fingerprint density at radius 3 is 2.29 bits per heavy atom. The van der Waals surface area contributed by atoms with E-state index in [9.17, 15) is 0 Å². The van der Waals surface area contributed by atoms with Crippen LogP contribution in [-0.4, -0.2) is 36.1 Å². The molecule has 0 radical (unpaired) electrons. The summed E-state index contributed by atoms with van der Waals surface area (Å²) in [6, 6.07) is 0.654. The van der Waals surface area contributed by atoms with E-state index in [1.165, 1.54) is 18.4 Å². The number of hydrogen-bond donors (Lipinski definition) is 1. The summed E-state index contributed by atoms with van der Waals surface area (Å²) in [7, 11) is 2.04. The fourth-order valence-corrected chi connectivity index (χ4v) is 2.16. The molecular weight excluding hydrogens is 212 g/mol. The van der Waals surface area contributed by atoms with Gasteiger partial charge in [0.2, 0.25) is 5.95 Å². The SMILES string of the molecule is CNC1CCN(c2ncc(C(C)C)cn2)CC1. The summed E-state index contributed by atoms with van der Waals surface area (Å²) < 4.78 is 0. The summed E-state index contributed by atoms with van der Waals surface area (Å²) in [6.45, 7) is 6.42. The molecule has 0 amide bonds. The highest BCUT2D eigenvalue weighted by atomic mass is 15.3. The molecule has 1 saturated heterocycles. The maximum Gasteiger partial charge on any atom is 0.225 e. The third-order valence-electron chi connectivity index (χ3n) is 3.51. The molecule has 0 saturated carbocycles. The van der Waals surface area contributed by atoms with Crippen molar-refractivity contribution in [2.24, 2.45) is 0 Å². The zero-order chi connectivity index (χ0) is 12.3. The summed E-state index contributed by atoms with van der Waals surface area (Å²) >= 11 is 0. The van der Waals surface area contributed by atoms with Gasteiger partial charge >= 0.3 is 0 Å². The lowest BCUT2D eigenvalue weighted by atomic mass is 10.1. The van der Waals surface area contributed by atoms with Crippen molar-refractivity contribution >= 4 is 5.95 Å². The second kappa shape index (κ2) is 5.45. The molecule has 17 heavy (non-hydrogen) atoms. The molecule has 1 aliphatic heterocycles. The Kier molecular flexibility index (Phi) is 3.94. The molecule has 0 unspecified atom stereocenters. The maximum atomic E-state index is 4.47. The van der Waals surface area contributed by atoms with Gasteiger partial charge in [-0.2, -0.15) is 0 Å². The summed E-state index contributed by atoms with van der Waals surface area (Å²) in [5.74, 6) is 1.38. The van der Waals surface area contributed by atoms with Gasteiger partial charge in [0.25, 0.3) is 0 Å². The van der Waals surface area contributed by atoms with Gasteiger partial charge < -0.3 is 10.2 Å². The van der Waals surface area contributed by atoms with E-state index in [0.29, 0.717) is 12.0 Å². The number of anilines is 1. The molecular formula is C13H22N4. The highest BCUT2D eigenvalue weighted by molar-refractivity contribution is 5.31. The highest BCUT2D eigenvalue weighted by Crippen LogP contribution is 2.17. The fourth-order valence-electron chi connectivity index (χ4n) is 2.16. The van der Waals surface area contributed by atoms with Crippen molar-refractivity contribution in [3.63, 3.8) is 0 Å². The van der Waals surface area contributed by atoms with Gasteiger partial charge in [0.15, 0.2) is 0 Å². The van der Waals surface area contributed by atoms with Gasteiger partial charge in [0.1, 0.15) is 0 Å². The minimum Gasteiger partial charge on any atom is -0.341 e. The molecule has 94 valence electrons. The molecule has 1 aliphatic rings. The molecule has 1 N–H and O–H groups in total. The van der Waals surface area contributed by atoms with Gasteiger partial charge in [-0.3, -0.25) is 0 Å². The lowest BCUT2D eigenvalue weighted by molar-refractivity contribution is 0.438. The van der Waals surface area contributed by atoms with Crippen molar-refractivity contribution in [1.29, 1.82) is 0 Å². The van der Waals surface area contributed by atoms with Gasteiger partial charge in [-0.25, -0.2) is 9.97 Å². The van der Waals surface area contributed by atoms with Crippen LogP contribution >= 0.6 is 0 Å². The zero-order valence-corrected chi connectivity index (χ0v) is 11.0. The molecule has 1 aromatic rings. The van der Waals surface area contributed by atoms with Crippen LogP contribution < -0.4 is 10.2 Å². The van der Waals surface area contributed by atoms with Gasteiger partial charge in [-0.1, -0.05) is 13.8 Å². The Labute approximate surface area is 103 Å². The van der Waals surface area contributed by atoms with Crippen molar-refractivity contribution in [1.82, 2.24) is 15.3 Å². The first kappa shape index (κ1) is 12.3. The number of aromatic nitrogens is 2. The Hall–Kier alpha value is -1.16. The number of hydrogen-bond acceptors (Lipinski definition) is 4. The van der Waals surface area contributed by atoms with Crippen LogP contribution in [-0.2, 0) is 0 Å². The Morgan fingerprint density at radius 2 is 1.82 bits per heavy atom. The number of nitrogens with zero attached hydrogens (tertiary/aromatic N) is 3.